The Bertz CT molecular complexity index is 1200. The first kappa shape index (κ1) is 20.1. The average Bonchev–Trinajstić information content (AvgIpc) is 3.22. The van der Waals surface area contributed by atoms with Gasteiger partial charge in [0.05, 0.1) is 11.3 Å². The van der Waals surface area contributed by atoms with Crippen LogP contribution < -0.4 is 10.6 Å². The Hall–Kier alpha value is -4.20. The number of hydrogen-bond donors (Lipinski definition) is 4. The zero-order chi connectivity index (χ0) is 21.8. The van der Waals surface area contributed by atoms with Gasteiger partial charge in [0.15, 0.2) is 0 Å². The van der Waals surface area contributed by atoms with E-state index in [2.05, 4.69) is 20.6 Å². The van der Waals surface area contributed by atoms with E-state index in [1.165, 1.54) is 0 Å². The van der Waals surface area contributed by atoms with Gasteiger partial charge in [-0.05, 0) is 29.8 Å². The highest BCUT2D eigenvalue weighted by Gasteiger charge is 2.20. The number of fused-ring (bicyclic) bond motifs is 1. The molecule has 4 N–H and O–H groups in total. The third-order valence-corrected chi connectivity index (χ3v) is 4.94. The van der Waals surface area contributed by atoms with Crippen LogP contribution in [0.3, 0.4) is 0 Å². The van der Waals surface area contributed by atoms with E-state index in [0.29, 0.717) is 12.1 Å². The van der Waals surface area contributed by atoms with Crippen LogP contribution in [0.15, 0.2) is 60.8 Å². The lowest BCUT2D eigenvalue weighted by Crippen LogP contribution is -2.31. The topological polar surface area (TPSA) is 124 Å². The SMILES string of the molecule is O=C(O)/C=C\C(=O)NCc1cccc(-c2cc(-c3cc4c([nH]3)CCNC4=O)ccn2)c1. The minimum atomic E-state index is -1.17. The second kappa shape index (κ2) is 8.66. The zero-order valence-corrected chi connectivity index (χ0v) is 16.5. The molecule has 0 saturated carbocycles. The Kier molecular flexibility index (Phi) is 5.61. The Labute approximate surface area is 178 Å². The number of aliphatic carboxylic acids is 1. The van der Waals surface area contributed by atoms with Gasteiger partial charge in [0.25, 0.3) is 5.91 Å². The fourth-order valence-corrected chi connectivity index (χ4v) is 3.44. The lowest BCUT2D eigenvalue weighted by molar-refractivity contribution is -0.131. The van der Waals surface area contributed by atoms with Crippen molar-refractivity contribution in [3.8, 4) is 22.5 Å². The van der Waals surface area contributed by atoms with Crippen molar-refractivity contribution < 1.29 is 19.5 Å². The van der Waals surface area contributed by atoms with E-state index in [9.17, 15) is 14.4 Å². The molecule has 1 aromatic carbocycles. The highest BCUT2D eigenvalue weighted by atomic mass is 16.4. The number of aromatic nitrogens is 2. The Morgan fingerprint density at radius 1 is 1.13 bits per heavy atom. The smallest absolute Gasteiger partial charge is 0.328 e. The maximum absolute atomic E-state index is 12.0. The predicted molar refractivity (Wildman–Crippen MR) is 114 cm³/mol. The number of carbonyl (C=O) groups is 3. The van der Waals surface area contributed by atoms with Crippen molar-refractivity contribution in [2.24, 2.45) is 0 Å². The third kappa shape index (κ3) is 4.69. The molecule has 0 atom stereocenters. The van der Waals surface area contributed by atoms with Crippen LogP contribution in [0.4, 0.5) is 0 Å². The number of carboxylic acid groups (broad SMARTS) is 1. The molecule has 0 bridgehead atoms. The monoisotopic (exact) mass is 416 g/mol. The summed E-state index contributed by atoms with van der Waals surface area (Å²) < 4.78 is 0. The molecule has 0 saturated heterocycles. The van der Waals surface area contributed by atoms with E-state index in [4.69, 9.17) is 5.11 Å². The first-order valence-corrected chi connectivity index (χ1v) is 9.74. The number of aromatic amines is 1. The van der Waals surface area contributed by atoms with E-state index in [-0.39, 0.29) is 12.5 Å². The van der Waals surface area contributed by atoms with Crippen LogP contribution in [0.5, 0.6) is 0 Å². The highest BCUT2D eigenvalue weighted by molar-refractivity contribution is 5.98. The van der Waals surface area contributed by atoms with Gasteiger partial charge in [-0.15, -0.1) is 0 Å². The van der Waals surface area contributed by atoms with E-state index >= 15 is 0 Å². The van der Waals surface area contributed by atoms with Crippen LogP contribution in [0, 0.1) is 0 Å². The molecule has 2 aromatic heterocycles. The molecule has 0 radical (unpaired) electrons. The number of carboxylic acids is 1. The van der Waals surface area contributed by atoms with Gasteiger partial charge < -0.3 is 20.7 Å². The van der Waals surface area contributed by atoms with E-state index in [0.717, 1.165) is 52.3 Å². The molecule has 1 aliphatic rings. The molecule has 31 heavy (non-hydrogen) atoms. The highest BCUT2D eigenvalue weighted by Crippen LogP contribution is 2.27. The number of nitrogens with one attached hydrogen (secondary N) is 3. The second-order valence-corrected chi connectivity index (χ2v) is 7.10. The van der Waals surface area contributed by atoms with Gasteiger partial charge in [0, 0.05) is 60.4 Å². The lowest BCUT2D eigenvalue weighted by Gasteiger charge is -2.11. The molecule has 8 heteroatoms. The molecule has 1 aliphatic heterocycles. The first-order chi connectivity index (χ1) is 15.0. The fourth-order valence-electron chi connectivity index (χ4n) is 3.44. The van der Waals surface area contributed by atoms with Crippen LogP contribution >= 0.6 is 0 Å². The number of rotatable bonds is 6. The van der Waals surface area contributed by atoms with Gasteiger partial charge in [-0.25, -0.2) is 4.79 Å². The summed E-state index contributed by atoms with van der Waals surface area (Å²) in [7, 11) is 0. The molecule has 8 nitrogen and oxygen atoms in total. The van der Waals surface area contributed by atoms with E-state index < -0.39 is 11.9 Å². The van der Waals surface area contributed by atoms with Crippen LogP contribution in [0.25, 0.3) is 22.5 Å². The number of carbonyl (C=O) groups excluding carboxylic acids is 2. The van der Waals surface area contributed by atoms with Gasteiger partial charge in [0.2, 0.25) is 5.91 Å². The minimum Gasteiger partial charge on any atom is -0.478 e. The summed E-state index contributed by atoms with van der Waals surface area (Å²) in [6, 6.07) is 13.3. The average molecular weight is 416 g/mol. The predicted octanol–water partition coefficient (Wildman–Crippen LogP) is 2.29. The van der Waals surface area contributed by atoms with Crippen molar-refractivity contribution in [3.05, 3.63) is 77.6 Å². The molecule has 4 rings (SSSR count). The summed E-state index contributed by atoms with van der Waals surface area (Å²) in [5, 5.41) is 14.1. The van der Waals surface area contributed by atoms with Gasteiger partial charge >= 0.3 is 5.97 Å². The minimum absolute atomic E-state index is 0.0639. The quantitative estimate of drug-likeness (QED) is 0.459. The summed E-state index contributed by atoms with van der Waals surface area (Å²) in [6.07, 6.45) is 4.26. The summed E-state index contributed by atoms with van der Waals surface area (Å²) in [4.78, 5) is 42.0. The molecule has 0 unspecified atom stereocenters. The fraction of sp³-hybridized carbons (Fsp3) is 0.130. The van der Waals surface area contributed by atoms with E-state index in [1.54, 1.807) is 6.20 Å². The number of benzene rings is 1. The van der Waals surface area contributed by atoms with Crippen molar-refractivity contribution in [2.45, 2.75) is 13.0 Å². The van der Waals surface area contributed by atoms with Crippen LogP contribution in [-0.2, 0) is 22.6 Å². The van der Waals surface area contributed by atoms with Crippen molar-refractivity contribution >= 4 is 17.8 Å². The Morgan fingerprint density at radius 2 is 2.00 bits per heavy atom. The van der Waals surface area contributed by atoms with Crippen molar-refractivity contribution in [1.29, 1.82) is 0 Å². The maximum atomic E-state index is 12.0. The zero-order valence-electron chi connectivity index (χ0n) is 16.5. The van der Waals surface area contributed by atoms with Crippen molar-refractivity contribution in [1.82, 2.24) is 20.6 Å². The van der Waals surface area contributed by atoms with Gasteiger partial charge in [-0.2, -0.15) is 0 Å². The van der Waals surface area contributed by atoms with Gasteiger partial charge in [-0.3, -0.25) is 14.6 Å². The van der Waals surface area contributed by atoms with E-state index in [1.807, 2.05) is 42.5 Å². The summed E-state index contributed by atoms with van der Waals surface area (Å²) in [6.45, 7) is 0.887. The first-order valence-electron chi connectivity index (χ1n) is 9.74. The number of amides is 2. The van der Waals surface area contributed by atoms with Gasteiger partial charge in [-0.1, -0.05) is 18.2 Å². The molecular formula is C23H20N4O4. The standard InChI is InChI=1S/C23H20N4O4/c28-21(4-5-22(29)30)26-13-14-2-1-3-15(10-14)19-11-16(6-8-24-19)20-12-17-18(27-20)7-9-25-23(17)31/h1-6,8,10-12,27H,7,9,13H2,(H,25,31)(H,26,28)(H,29,30)/b5-4-. The lowest BCUT2D eigenvalue weighted by atomic mass is 10.0. The molecule has 0 spiro atoms. The second-order valence-electron chi connectivity index (χ2n) is 7.10. The molecule has 156 valence electrons. The molecule has 0 aliphatic carbocycles. The summed E-state index contributed by atoms with van der Waals surface area (Å²) >= 11 is 0. The molecule has 0 fully saturated rings. The number of pyridine rings is 1. The third-order valence-electron chi connectivity index (χ3n) is 4.94. The molecule has 2 amide bonds. The maximum Gasteiger partial charge on any atom is 0.328 e. The number of nitrogens with zero attached hydrogens (tertiary/aromatic N) is 1. The summed E-state index contributed by atoms with van der Waals surface area (Å²) in [5.41, 5.74) is 5.89. The Morgan fingerprint density at radius 3 is 2.81 bits per heavy atom. The summed E-state index contributed by atoms with van der Waals surface area (Å²) in [5.74, 6) is -1.72. The van der Waals surface area contributed by atoms with Crippen molar-refractivity contribution in [2.75, 3.05) is 6.54 Å². The van der Waals surface area contributed by atoms with Crippen molar-refractivity contribution in [3.63, 3.8) is 0 Å². The molecular weight excluding hydrogens is 396 g/mol. The van der Waals surface area contributed by atoms with Crippen LogP contribution in [0.1, 0.15) is 21.6 Å². The van der Waals surface area contributed by atoms with Gasteiger partial charge in [0.1, 0.15) is 0 Å². The molecule has 3 heterocycles. The largest absolute Gasteiger partial charge is 0.478 e. The molecule has 3 aromatic rings. The number of H-pyrrole nitrogens is 1. The van der Waals surface area contributed by atoms with Crippen LogP contribution in [0.2, 0.25) is 0 Å². The van der Waals surface area contributed by atoms with Crippen LogP contribution in [-0.4, -0.2) is 39.4 Å². The normalized spacial score (nSPS) is 13.0. The number of hydrogen-bond acceptors (Lipinski definition) is 4. The Balaban J connectivity index is 1.53.